The molecule has 1 aliphatic rings. The van der Waals surface area contributed by atoms with Gasteiger partial charge in [0.25, 0.3) is 0 Å². The molecule has 0 unspecified atom stereocenters. The molecule has 2 atom stereocenters. The number of rotatable bonds is 4. The molecule has 0 radical (unpaired) electrons. The smallest absolute Gasteiger partial charge is 0.174 e. The summed E-state index contributed by atoms with van der Waals surface area (Å²) in [6, 6.07) is 18.0. The fourth-order valence-electron chi connectivity index (χ4n) is 3.22. The molecule has 2 aromatic heterocycles. The van der Waals surface area contributed by atoms with E-state index in [1.807, 2.05) is 48.7 Å². The number of thiocarbonyl (C=S) groups is 1. The third-order valence-corrected chi connectivity index (χ3v) is 6.34. The fourth-order valence-corrected chi connectivity index (χ4v) is 5.11. The lowest BCUT2D eigenvalue weighted by Gasteiger charge is -2.28. The minimum absolute atomic E-state index is 0.00926. The van der Waals surface area contributed by atoms with E-state index in [2.05, 4.69) is 43.3 Å². The van der Waals surface area contributed by atoms with Gasteiger partial charge in [0.15, 0.2) is 5.11 Å². The molecule has 1 aromatic carbocycles. The third-order valence-electron chi connectivity index (χ3n) is 4.33. The van der Waals surface area contributed by atoms with Gasteiger partial charge in [-0.3, -0.25) is 4.98 Å². The van der Waals surface area contributed by atoms with Gasteiger partial charge in [0.05, 0.1) is 34.4 Å². The van der Waals surface area contributed by atoms with Crippen molar-refractivity contribution in [1.82, 2.24) is 10.3 Å². The van der Waals surface area contributed by atoms with Crippen molar-refractivity contribution in [3.63, 3.8) is 0 Å². The number of para-hydroxylation sites is 2. The number of hydrogen-bond donors (Lipinski definition) is 1. The standard InChI is InChI=1S/C19H16BrN3OS2/c1-24-14-8-3-2-7-13(14)23-18(15-9-10-16(20)26-15)17(22-19(23)25)12-6-4-5-11-21-12/h2-11,17-18H,1H3,(H,22,25)/t17-,18+/m0/s1. The zero-order valence-corrected chi connectivity index (χ0v) is 17.1. The number of halogens is 1. The highest BCUT2D eigenvalue weighted by atomic mass is 79.9. The first-order valence-corrected chi connectivity index (χ1v) is 10.1. The van der Waals surface area contributed by atoms with Crippen LogP contribution in [-0.4, -0.2) is 17.2 Å². The maximum absolute atomic E-state index is 5.72. The van der Waals surface area contributed by atoms with E-state index in [9.17, 15) is 0 Å². The van der Waals surface area contributed by atoms with Gasteiger partial charge in [0, 0.05) is 11.1 Å². The molecule has 0 amide bonds. The number of pyridine rings is 1. The second-order valence-electron chi connectivity index (χ2n) is 5.81. The molecule has 26 heavy (non-hydrogen) atoms. The number of anilines is 1. The van der Waals surface area contributed by atoms with Crippen molar-refractivity contribution in [2.45, 2.75) is 12.1 Å². The Morgan fingerprint density at radius 1 is 1.15 bits per heavy atom. The molecule has 4 rings (SSSR count). The van der Waals surface area contributed by atoms with Gasteiger partial charge in [-0.2, -0.15) is 0 Å². The minimum Gasteiger partial charge on any atom is -0.495 e. The van der Waals surface area contributed by atoms with Crippen LogP contribution in [0.15, 0.2) is 64.6 Å². The number of ether oxygens (including phenoxy) is 1. The zero-order valence-electron chi connectivity index (χ0n) is 13.9. The normalized spacial score (nSPS) is 19.5. The Labute approximate surface area is 170 Å². The van der Waals surface area contributed by atoms with Gasteiger partial charge in [-0.25, -0.2) is 0 Å². The first kappa shape index (κ1) is 17.5. The number of nitrogens with zero attached hydrogens (tertiary/aromatic N) is 2. The molecule has 0 bridgehead atoms. The molecule has 1 saturated heterocycles. The summed E-state index contributed by atoms with van der Waals surface area (Å²) >= 11 is 11.0. The number of methoxy groups -OCH3 is 1. The van der Waals surface area contributed by atoms with E-state index in [4.69, 9.17) is 17.0 Å². The van der Waals surface area contributed by atoms with Crippen LogP contribution in [0.2, 0.25) is 0 Å². The van der Waals surface area contributed by atoms with Gasteiger partial charge in [-0.1, -0.05) is 18.2 Å². The van der Waals surface area contributed by atoms with Crippen molar-refractivity contribution < 1.29 is 4.74 Å². The maximum atomic E-state index is 5.72. The highest BCUT2D eigenvalue weighted by Crippen LogP contribution is 2.46. The van der Waals surface area contributed by atoms with Crippen molar-refractivity contribution >= 4 is 50.3 Å². The molecule has 4 nitrogen and oxygen atoms in total. The summed E-state index contributed by atoms with van der Waals surface area (Å²) in [5.41, 5.74) is 1.90. The second kappa shape index (κ2) is 7.34. The lowest BCUT2D eigenvalue weighted by atomic mass is 10.0. The Bertz CT molecular complexity index is 931. The van der Waals surface area contributed by atoms with Gasteiger partial charge in [-0.05, 0) is 64.5 Å². The summed E-state index contributed by atoms with van der Waals surface area (Å²) in [5, 5.41) is 4.12. The van der Waals surface area contributed by atoms with E-state index in [1.54, 1.807) is 18.4 Å². The predicted octanol–water partition coefficient (Wildman–Crippen LogP) is 5.09. The molecule has 1 fully saturated rings. The van der Waals surface area contributed by atoms with Gasteiger partial charge >= 0.3 is 0 Å². The number of thiophene rings is 1. The summed E-state index contributed by atoms with van der Waals surface area (Å²) < 4.78 is 6.67. The summed E-state index contributed by atoms with van der Waals surface area (Å²) in [7, 11) is 1.68. The molecule has 0 spiro atoms. The number of nitrogens with one attached hydrogen (secondary N) is 1. The Morgan fingerprint density at radius 3 is 2.65 bits per heavy atom. The molecule has 1 aliphatic heterocycles. The van der Waals surface area contributed by atoms with Crippen LogP contribution in [0.25, 0.3) is 0 Å². The fraction of sp³-hybridized carbons (Fsp3) is 0.158. The summed E-state index contributed by atoms with van der Waals surface area (Å²) in [6.45, 7) is 0. The molecular weight excluding hydrogens is 430 g/mol. The van der Waals surface area contributed by atoms with Gasteiger partial charge in [-0.15, -0.1) is 11.3 Å². The largest absolute Gasteiger partial charge is 0.495 e. The first-order valence-electron chi connectivity index (χ1n) is 8.08. The summed E-state index contributed by atoms with van der Waals surface area (Å²) in [6.07, 6.45) is 1.81. The molecule has 3 aromatic rings. The minimum atomic E-state index is -0.0424. The topological polar surface area (TPSA) is 37.4 Å². The second-order valence-corrected chi connectivity index (χ2v) is 8.69. The summed E-state index contributed by atoms with van der Waals surface area (Å²) in [4.78, 5) is 7.89. The Hall–Kier alpha value is -1.96. The lowest BCUT2D eigenvalue weighted by Crippen LogP contribution is -2.29. The van der Waals surface area contributed by atoms with Crippen LogP contribution in [0.3, 0.4) is 0 Å². The van der Waals surface area contributed by atoms with Gasteiger partial charge < -0.3 is 15.0 Å². The number of benzene rings is 1. The van der Waals surface area contributed by atoms with Crippen molar-refractivity contribution in [3.8, 4) is 5.75 Å². The van der Waals surface area contributed by atoms with Crippen LogP contribution < -0.4 is 15.0 Å². The van der Waals surface area contributed by atoms with E-state index < -0.39 is 0 Å². The average molecular weight is 446 g/mol. The SMILES string of the molecule is COc1ccccc1N1C(=S)N[C@@H](c2ccccn2)[C@H]1c1ccc(Br)s1. The van der Waals surface area contributed by atoms with E-state index >= 15 is 0 Å². The quantitative estimate of drug-likeness (QED) is 0.565. The Kier molecular flexibility index (Phi) is 4.93. The molecule has 1 N–H and O–H groups in total. The third kappa shape index (κ3) is 3.11. The van der Waals surface area contributed by atoms with Crippen LogP contribution in [0.1, 0.15) is 22.7 Å². The van der Waals surface area contributed by atoms with Crippen molar-refractivity contribution in [3.05, 3.63) is 75.2 Å². The average Bonchev–Trinajstić information content (AvgIpc) is 3.25. The Morgan fingerprint density at radius 2 is 1.96 bits per heavy atom. The number of aromatic nitrogens is 1. The zero-order chi connectivity index (χ0) is 18.1. The molecule has 7 heteroatoms. The highest BCUT2D eigenvalue weighted by molar-refractivity contribution is 9.11. The number of hydrogen-bond acceptors (Lipinski definition) is 4. The van der Waals surface area contributed by atoms with E-state index in [0.29, 0.717) is 5.11 Å². The molecule has 0 aliphatic carbocycles. The molecule has 0 saturated carbocycles. The van der Waals surface area contributed by atoms with E-state index in [0.717, 1.165) is 20.9 Å². The first-order chi connectivity index (χ1) is 12.7. The lowest BCUT2D eigenvalue weighted by molar-refractivity contribution is 0.414. The van der Waals surface area contributed by atoms with Crippen LogP contribution in [0.5, 0.6) is 5.75 Å². The van der Waals surface area contributed by atoms with Gasteiger partial charge in [0.2, 0.25) is 0 Å². The van der Waals surface area contributed by atoms with E-state index in [1.165, 1.54) is 4.88 Å². The van der Waals surface area contributed by atoms with Crippen LogP contribution >= 0.6 is 39.5 Å². The Balaban J connectivity index is 1.85. The molecular formula is C19H16BrN3OS2. The highest BCUT2D eigenvalue weighted by Gasteiger charge is 2.42. The molecule has 132 valence electrons. The van der Waals surface area contributed by atoms with Crippen LogP contribution in [-0.2, 0) is 0 Å². The predicted molar refractivity (Wildman–Crippen MR) is 113 cm³/mol. The molecule has 3 heterocycles. The monoisotopic (exact) mass is 445 g/mol. The van der Waals surface area contributed by atoms with Crippen molar-refractivity contribution in [1.29, 1.82) is 0 Å². The maximum Gasteiger partial charge on any atom is 0.174 e. The van der Waals surface area contributed by atoms with Crippen molar-refractivity contribution in [2.75, 3.05) is 12.0 Å². The van der Waals surface area contributed by atoms with Crippen LogP contribution in [0, 0.1) is 0 Å². The van der Waals surface area contributed by atoms with Crippen LogP contribution in [0.4, 0.5) is 5.69 Å². The van der Waals surface area contributed by atoms with E-state index in [-0.39, 0.29) is 12.1 Å². The summed E-state index contributed by atoms with van der Waals surface area (Å²) in [5.74, 6) is 0.791. The van der Waals surface area contributed by atoms with Crippen molar-refractivity contribution in [2.24, 2.45) is 0 Å². The van der Waals surface area contributed by atoms with Gasteiger partial charge in [0.1, 0.15) is 5.75 Å².